The fourth-order valence-electron chi connectivity index (χ4n) is 2.56. The molecule has 0 aliphatic carbocycles. The zero-order valence-corrected chi connectivity index (χ0v) is 15.5. The average molecular weight is 368 g/mol. The van der Waals surface area contributed by atoms with Gasteiger partial charge >= 0.3 is 5.97 Å². The number of aryl methyl sites for hydroxylation is 3. The number of nitrogens with zero attached hydrogens (tertiary/aromatic N) is 3. The number of rotatable bonds is 5. The minimum absolute atomic E-state index is 0.273. The van der Waals surface area contributed by atoms with Crippen LogP contribution in [0.1, 0.15) is 34.4 Å². The lowest BCUT2D eigenvalue weighted by Crippen LogP contribution is -2.30. The molecule has 2 aromatic heterocycles. The summed E-state index contributed by atoms with van der Waals surface area (Å²) in [6.45, 7) is 7.08. The van der Waals surface area contributed by atoms with Crippen LogP contribution in [0.2, 0.25) is 0 Å². The molecule has 27 heavy (non-hydrogen) atoms. The van der Waals surface area contributed by atoms with Crippen LogP contribution in [0.3, 0.4) is 0 Å². The van der Waals surface area contributed by atoms with Crippen molar-refractivity contribution >= 4 is 17.7 Å². The van der Waals surface area contributed by atoms with E-state index < -0.39 is 18.0 Å². The van der Waals surface area contributed by atoms with Gasteiger partial charge in [-0.2, -0.15) is 5.10 Å². The lowest BCUT2D eigenvalue weighted by molar-refractivity contribution is -0.123. The van der Waals surface area contributed by atoms with Crippen LogP contribution in [0.5, 0.6) is 0 Å². The Morgan fingerprint density at radius 2 is 1.85 bits per heavy atom. The molecule has 0 aliphatic heterocycles. The van der Waals surface area contributed by atoms with Crippen LogP contribution >= 0.6 is 0 Å². The number of carbonyl (C=O) groups is 2. The molecule has 3 aromatic rings. The Balaban J connectivity index is 1.63. The third-order valence-corrected chi connectivity index (χ3v) is 3.89. The van der Waals surface area contributed by atoms with Crippen LogP contribution in [0.25, 0.3) is 5.69 Å². The lowest BCUT2D eigenvalue weighted by Gasteiger charge is -2.12. The summed E-state index contributed by atoms with van der Waals surface area (Å²) in [6.07, 6.45) is -0.981. The number of carbonyl (C=O) groups excluding carboxylic acids is 2. The van der Waals surface area contributed by atoms with Gasteiger partial charge in [-0.3, -0.25) is 4.79 Å². The van der Waals surface area contributed by atoms with Crippen molar-refractivity contribution in [1.29, 1.82) is 0 Å². The minimum atomic E-state index is -0.981. The van der Waals surface area contributed by atoms with E-state index in [1.807, 2.05) is 19.9 Å². The molecule has 1 N–H and O–H groups in total. The Hall–Kier alpha value is -3.42. The summed E-state index contributed by atoms with van der Waals surface area (Å²) >= 11 is 0. The fraction of sp³-hybridized carbons (Fsp3) is 0.263. The van der Waals surface area contributed by atoms with Gasteiger partial charge in [-0.15, -0.1) is 0 Å². The van der Waals surface area contributed by atoms with Gasteiger partial charge in [0.1, 0.15) is 5.76 Å². The summed E-state index contributed by atoms with van der Waals surface area (Å²) in [6, 6.07) is 10.4. The fourth-order valence-corrected chi connectivity index (χ4v) is 2.56. The van der Waals surface area contributed by atoms with Crippen LogP contribution in [-0.4, -0.2) is 32.9 Å². The van der Waals surface area contributed by atoms with Crippen molar-refractivity contribution in [3.05, 3.63) is 59.1 Å². The van der Waals surface area contributed by atoms with Crippen LogP contribution in [0, 0.1) is 20.8 Å². The van der Waals surface area contributed by atoms with Crippen molar-refractivity contribution < 1.29 is 18.8 Å². The highest BCUT2D eigenvalue weighted by Crippen LogP contribution is 2.14. The van der Waals surface area contributed by atoms with Gasteiger partial charge in [0.05, 0.1) is 16.9 Å². The van der Waals surface area contributed by atoms with Gasteiger partial charge in [0.25, 0.3) is 5.91 Å². The summed E-state index contributed by atoms with van der Waals surface area (Å²) in [5.41, 5.74) is 3.09. The maximum absolute atomic E-state index is 12.3. The van der Waals surface area contributed by atoms with E-state index in [0.29, 0.717) is 11.3 Å². The molecule has 3 rings (SSSR count). The minimum Gasteiger partial charge on any atom is -0.449 e. The number of hydrogen-bond donors (Lipinski definition) is 1. The number of hydrogen-bond acceptors (Lipinski definition) is 6. The number of ether oxygens (including phenoxy) is 1. The number of anilines is 1. The maximum Gasteiger partial charge on any atom is 0.338 e. The molecule has 8 heteroatoms. The molecular formula is C19H20N4O4. The third-order valence-electron chi connectivity index (χ3n) is 3.89. The quantitative estimate of drug-likeness (QED) is 0.695. The number of aromatic nitrogens is 3. The molecule has 1 unspecified atom stereocenters. The molecule has 1 amide bonds. The van der Waals surface area contributed by atoms with E-state index in [9.17, 15) is 9.59 Å². The molecule has 8 nitrogen and oxygen atoms in total. The zero-order valence-electron chi connectivity index (χ0n) is 15.5. The van der Waals surface area contributed by atoms with E-state index in [4.69, 9.17) is 9.26 Å². The van der Waals surface area contributed by atoms with Gasteiger partial charge in [0.2, 0.25) is 0 Å². The van der Waals surface area contributed by atoms with E-state index in [-0.39, 0.29) is 5.82 Å². The molecule has 140 valence electrons. The van der Waals surface area contributed by atoms with Crippen LogP contribution in [-0.2, 0) is 9.53 Å². The van der Waals surface area contributed by atoms with Gasteiger partial charge in [0.15, 0.2) is 11.9 Å². The average Bonchev–Trinajstić information content (AvgIpc) is 3.19. The summed E-state index contributed by atoms with van der Waals surface area (Å²) in [5.74, 6) is -0.239. The molecule has 2 heterocycles. The number of nitrogens with one attached hydrogen (secondary N) is 1. The highest BCUT2D eigenvalue weighted by Gasteiger charge is 2.20. The molecule has 0 radical (unpaired) electrons. The topological polar surface area (TPSA) is 99.2 Å². The van der Waals surface area contributed by atoms with Gasteiger partial charge in [-0.05, 0) is 58.0 Å². The highest BCUT2D eigenvalue weighted by molar-refractivity contribution is 5.96. The summed E-state index contributed by atoms with van der Waals surface area (Å²) < 4.78 is 11.9. The first-order chi connectivity index (χ1) is 12.8. The molecule has 0 spiro atoms. The monoisotopic (exact) mass is 368 g/mol. The Kier molecular flexibility index (Phi) is 5.07. The predicted molar refractivity (Wildman–Crippen MR) is 97.8 cm³/mol. The van der Waals surface area contributed by atoms with Gasteiger partial charge in [0, 0.05) is 11.8 Å². The molecule has 0 aliphatic rings. The van der Waals surface area contributed by atoms with E-state index in [2.05, 4.69) is 15.6 Å². The van der Waals surface area contributed by atoms with Crippen molar-refractivity contribution in [2.24, 2.45) is 0 Å². The van der Waals surface area contributed by atoms with E-state index in [1.54, 1.807) is 41.9 Å². The molecule has 1 atom stereocenters. The summed E-state index contributed by atoms with van der Waals surface area (Å²) in [4.78, 5) is 24.4. The molecule has 0 fully saturated rings. The standard InChI is InChI=1S/C19H20N4O4/c1-11-9-12(2)23(21-11)16-7-5-15(6-8-16)19(25)26-14(4)18(24)20-17-10-13(3)27-22-17/h5-10,14H,1-4H3,(H,20,22,24). The van der Waals surface area contributed by atoms with Crippen molar-refractivity contribution in [1.82, 2.24) is 14.9 Å². The SMILES string of the molecule is Cc1cc(C)n(-c2ccc(C(=O)OC(C)C(=O)Nc3cc(C)on3)cc2)n1. The summed E-state index contributed by atoms with van der Waals surface area (Å²) in [7, 11) is 0. The van der Waals surface area contributed by atoms with E-state index in [0.717, 1.165) is 17.1 Å². The second-order valence-corrected chi connectivity index (χ2v) is 6.25. The molecule has 0 saturated carbocycles. The van der Waals surface area contributed by atoms with Crippen molar-refractivity contribution in [3.8, 4) is 5.69 Å². The molecule has 0 bridgehead atoms. The molecule has 0 saturated heterocycles. The van der Waals surface area contributed by atoms with Gasteiger partial charge in [-0.1, -0.05) is 5.16 Å². The second-order valence-electron chi connectivity index (χ2n) is 6.25. The van der Waals surface area contributed by atoms with Crippen LogP contribution < -0.4 is 5.32 Å². The first kappa shape index (κ1) is 18.4. The first-order valence-electron chi connectivity index (χ1n) is 8.42. The molecule has 1 aromatic carbocycles. The third kappa shape index (κ3) is 4.22. The molecular weight excluding hydrogens is 348 g/mol. The highest BCUT2D eigenvalue weighted by atomic mass is 16.5. The number of amides is 1. The number of benzene rings is 1. The second kappa shape index (κ2) is 7.45. The number of esters is 1. The van der Waals surface area contributed by atoms with Gasteiger partial charge in [-0.25, -0.2) is 9.48 Å². The predicted octanol–water partition coefficient (Wildman–Crippen LogP) is 2.97. The Morgan fingerprint density at radius 3 is 2.41 bits per heavy atom. The Bertz CT molecular complexity index is 972. The van der Waals surface area contributed by atoms with Gasteiger partial charge < -0.3 is 14.6 Å². The first-order valence-corrected chi connectivity index (χ1v) is 8.42. The van der Waals surface area contributed by atoms with Crippen molar-refractivity contribution in [3.63, 3.8) is 0 Å². The Labute approximate surface area is 156 Å². The lowest BCUT2D eigenvalue weighted by atomic mass is 10.2. The van der Waals surface area contributed by atoms with Crippen LogP contribution in [0.4, 0.5) is 5.82 Å². The smallest absolute Gasteiger partial charge is 0.338 e. The maximum atomic E-state index is 12.3. The van der Waals surface area contributed by atoms with E-state index >= 15 is 0 Å². The largest absolute Gasteiger partial charge is 0.449 e. The normalized spacial score (nSPS) is 11.9. The van der Waals surface area contributed by atoms with Crippen molar-refractivity contribution in [2.45, 2.75) is 33.8 Å². The zero-order chi connectivity index (χ0) is 19.6. The Morgan fingerprint density at radius 1 is 1.15 bits per heavy atom. The van der Waals surface area contributed by atoms with Crippen LogP contribution in [0.15, 0.2) is 40.9 Å². The van der Waals surface area contributed by atoms with E-state index in [1.165, 1.54) is 6.92 Å². The summed E-state index contributed by atoms with van der Waals surface area (Å²) in [5, 5.41) is 10.6. The van der Waals surface area contributed by atoms with Crippen molar-refractivity contribution in [2.75, 3.05) is 5.32 Å².